The summed E-state index contributed by atoms with van der Waals surface area (Å²) in [5, 5.41) is 3.48. The molecule has 0 saturated carbocycles. The van der Waals surface area contributed by atoms with Gasteiger partial charge in [-0.25, -0.2) is 8.42 Å². The SMILES string of the molecule is CCS(=O)(=O)N(C)c1cc(OC)c(OC)cc1C(=O)N[C@H](C)c1ccc(Cl)cc1. The number of methoxy groups -OCH3 is 2. The van der Waals surface area contributed by atoms with E-state index in [1.54, 1.807) is 12.1 Å². The van der Waals surface area contributed by atoms with Gasteiger partial charge in [0, 0.05) is 18.1 Å². The third-order valence-electron chi connectivity index (χ3n) is 4.59. The molecular weight excluding hydrogens is 416 g/mol. The smallest absolute Gasteiger partial charge is 0.254 e. The van der Waals surface area contributed by atoms with Crippen molar-refractivity contribution in [1.29, 1.82) is 0 Å². The number of ether oxygens (including phenoxy) is 2. The molecule has 0 heterocycles. The van der Waals surface area contributed by atoms with Crippen LogP contribution in [0.1, 0.15) is 35.8 Å². The molecule has 0 aliphatic heterocycles. The highest BCUT2D eigenvalue weighted by atomic mass is 35.5. The number of nitrogens with zero attached hydrogens (tertiary/aromatic N) is 1. The van der Waals surface area contributed by atoms with E-state index in [2.05, 4.69) is 5.32 Å². The zero-order valence-electron chi connectivity index (χ0n) is 17.0. The summed E-state index contributed by atoms with van der Waals surface area (Å²) >= 11 is 5.92. The summed E-state index contributed by atoms with van der Waals surface area (Å²) in [6.07, 6.45) is 0. The number of benzene rings is 2. The van der Waals surface area contributed by atoms with Crippen molar-refractivity contribution >= 4 is 33.2 Å². The lowest BCUT2D eigenvalue weighted by molar-refractivity contribution is 0.0940. The third-order valence-corrected chi connectivity index (χ3v) is 6.60. The van der Waals surface area contributed by atoms with Crippen molar-refractivity contribution in [1.82, 2.24) is 5.32 Å². The number of anilines is 1. The number of halogens is 1. The molecule has 2 aromatic carbocycles. The van der Waals surface area contributed by atoms with Crippen LogP contribution < -0.4 is 19.1 Å². The third kappa shape index (κ3) is 5.13. The van der Waals surface area contributed by atoms with Crippen molar-refractivity contribution in [3.8, 4) is 11.5 Å². The van der Waals surface area contributed by atoms with E-state index in [9.17, 15) is 13.2 Å². The van der Waals surface area contributed by atoms with Gasteiger partial charge < -0.3 is 14.8 Å². The molecule has 2 aromatic rings. The number of carbonyl (C=O) groups excluding carboxylic acids is 1. The van der Waals surface area contributed by atoms with Crippen LogP contribution in [0.5, 0.6) is 11.5 Å². The van der Waals surface area contributed by atoms with Crippen LogP contribution in [0, 0.1) is 0 Å². The van der Waals surface area contributed by atoms with Crippen molar-refractivity contribution in [2.45, 2.75) is 19.9 Å². The van der Waals surface area contributed by atoms with Gasteiger partial charge in [-0.3, -0.25) is 9.10 Å². The van der Waals surface area contributed by atoms with Gasteiger partial charge in [0.05, 0.1) is 37.3 Å². The molecule has 0 aromatic heterocycles. The van der Waals surface area contributed by atoms with E-state index in [1.807, 2.05) is 19.1 Å². The summed E-state index contributed by atoms with van der Waals surface area (Å²) in [6.45, 7) is 3.36. The largest absolute Gasteiger partial charge is 0.493 e. The summed E-state index contributed by atoms with van der Waals surface area (Å²) < 4.78 is 36.5. The average molecular weight is 441 g/mol. The highest BCUT2D eigenvalue weighted by Gasteiger charge is 2.25. The van der Waals surface area contributed by atoms with Crippen molar-refractivity contribution < 1.29 is 22.7 Å². The molecule has 7 nitrogen and oxygen atoms in total. The summed E-state index contributed by atoms with van der Waals surface area (Å²) in [5.74, 6) is 0.0902. The van der Waals surface area contributed by atoms with Gasteiger partial charge in [0.1, 0.15) is 0 Å². The van der Waals surface area contributed by atoms with Crippen LogP contribution in [0.15, 0.2) is 36.4 Å². The first-order valence-electron chi connectivity index (χ1n) is 8.93. The second kappa shape index (κ2) is 9.37. The molecule has 0 unspecified atom stereocenters. The standard InChI is InChI=1S/C20H25ClN2O5S/c1-6-29(25,26)23(3)17-12-19(28-5)18(27-4)11-16(17)20(24)22-13(2)14-7-9-15(21)10-8-14/h7-13H,6H2,1-5H3,(H,22,24)/t13-/m1/s1. The number of hydrogen-bond donors (Lipinski definition) is 1. The minimum absolute atomic E-state index is 0.111. The molecule has 2 rings (SSSR count). The molecule has 0 fully saturated rings. The van der Waals surface area contributed by atoms with Crippen LogP contribution in [0.3, 0.4) is 0 Å². The topological polar surface area (TPSA) is 84.9 Å². The molecule has 0 aliphatic carbocycles. The van der Waals surface area contributed by atoms with Gasteiger partial charge in [-0.15, -0.1) is 0 Å². The van der Waals surface area contributed by atoms with E-state index < -0.39 is 15.9 Å². The summed E-state index contributed by atoms with van der Waals surface area (Å²) in [7, 11) is 0.697. The Kier molecular flexibility index (Phi) is 7.37. The molecule has 0 bridgehead atoms. The van der Waals surface area contributed by atoms with Crippen LogP contribution in [-0.2, 0) is 10.0 Å². The maximum absolute atomic E-state index is 13.0. The normalized spacial score (nSPS) is 12.2. The van der Waals surface area contributed by atoms with Gasteiger partial charge in [-0.05, 0) is 37.6 Å². The van der Waals surface area contributed by atoms with Crippen LogP contribution in [0.2, 0.25) is 5.02 Å². The Morgan fingerprint density at radius 1 is 1.14 bits per heavy atom. The minimum Gasteiger partial charge on any atom is -0.493 e. The average Bonchev–Trinajstić information content (AvgIpc) is 2.72. The molecular formula is C20H25ClN2O5S. The Bertz CT molecular complexity index is 977. The molecule has 158 valence electrons. The highest BCUT2D eigenvalue weighted by molar-refractivity contribution is 7.92. The predicted octanol–water partition coefficient (Wildman–Crippen LogP) is 3.63. The van der Waals surface area contributed by atoms with Crippen molar-refractivity contribution in [3.63, 3.8) is 0 Å². The molecule has 9 heteroatoms. The van der Waals surface area contributed by atoms with Gasteiger partial charge in [0.25, 0.3) is 5.91 Å². The number of sulfonamides is 1. The van der Waals surface area contributed by atoms with Gasteiger partial charge in [-0.2, -0.15) is 0 Å². The van der Waals surface area contributed by atoms with E-state index in [-0.39, 0.29) is 23.0 Å². The Hall–Kier alpha value is -2.45. The molecule has 1 atom stereocenters. The van der Waals surface area contributed by atoms with Crippen LogP contribution >= 0.6 is 11.6 Å². The van der Waals surface area contributed by atoms with E-state index in [0.29, 0.717) is 16.5 Å². The summed E-state index contributed by atoms with van der Waals surface area (Å²) in [5.41, 5.74) is 1.22. The number of nitrogens with one attached hydrogen (secondary N) is 1. The molecule has 1 amide bonds. The molecule has 0 spiro atoms. The Balaban J connectivity index is 2.48. The second-order valence-electron chi connectivity index (χ2n) is 6.34. The Labute approximate surface area is 176 Å². The summed E-state index contributed by atoms with van der Waals surface area (Å²) in [6, 6.07) is 9.74. The fourth-order valence-electron chi connectivity index (χ4n) is 2.76. The van der Waals surface area contributed by atoms with Crippen molar-refractivity contribution in [2.24, 2.45) is 0 Å². The lowest BCUT2D eigenvalue weighted by Crippen LogP contribution is -2.32. The lowest BCUT2D eigenvalue weighted by atomic mass is 10.1. The van der Waals surface area contributed by atoms with Gasteiger partial charge in [0.2, 0.25) is 10.0 Å². The zero-order valence-corrected chi connectivity index (χ0v) is 18.6. The van der Waals surface area contributed by atoms with E-state index in [1.165, 1.54) is 40.3 Å². The Morgan fingerprint density at radius 3 is 2.21 bits per heavy atom. The molecule has 0 aliphatic rings. The number of carbonyl (C=O) groups is 1. The monoisotopic (exact) mass is 440 g/mol. The fourth-order valence-corrected chi connectivity index (χ4v) is 3.73. The number of amides is 1. The highest BCUT2D eigenvalue weighted by Crippen LogP contribution is 2.36. The Morgan fingerprint density at radius 2 is 1.69 bits per heavy atom. The van der Waals surface area contributed by atoms with Gasteiger partial charge in [-0.1, -0.05) is 23.7 Å². The predicted molar refractivity (Wildman–Crippen MR) is 115 cm³/mol. The van der Waals surface area contributed by atoms with Crippen molar-refractivity contribution in [2.75, 3.05) is 31.3 Å². The summed E-state index contributed by atoms with van der Waals surface area (Å²) in [4.78, 5) is 13.0. The van der Waals surface area contributed by atoms with Gasteiger partial charge >= 0.3 is 0 Å². The first kappa shape index (κ1) is 22.8. The first-order chi connectivity index (χ1) is 13.6. The molecule has 1 N–H and O–H groups in total. The lowest BCUT2D eigenvalue weighted by Gasteiger charge is -2.24. The van der Waals surface area contributed by atoms with E-state index >= 15 is 0 Å². The van der Waals surface area contributed by atoms with E-state index in [4.69, 9.17) is 21.1 Å². The number of hydrogen-bond acceptors (Lipinski definition) is 5. The molecule has 0 radical (unpaired) electrons. The maximum atomic E-state index is 13.0. The van der Waals surface area contributed by atoms with E-state index in [0.717, 1.165) is 9.87 Å². The minimum atomic E-state index is -3.59. The molecule has 0 saturated heterocycles. The van der Waals surface area contributed by atoms with Crippen LogP contribution in [0.4, 0.5) is 5.69 Å². The fraction of sp³-hybridized carbons (Fsp3) is 0.350. The quantitative estimate of drug-likeness (QED) is 0.677. The van der Waals surface area contributed by atoms with Crippen LogP contribution in [0.25, 0.3) is 0 Å². The van der Waals surface area contributed by atoms with Crippen molar-refractivity contribution in [3.05, 3.63) is 52.5 Å². The maximum Gasteiger partial charge on any atom is 0.254 e. The zero-order chi connectivity index (χ0) is 21.8. The molecule has 29 heavy (non-hydrogen) atoms. The van der Waals surface area contributed by atoms with Crippen LogP contribution in [-0.4, -0.2) is 41.3 Å². The number of rotatable bonds is 8. The van der Waals surface area contributed by atoms with Gasteiger partial charge in [0.15, 0.2) is 11.5 Å². The first-order valence-corrected chi connectivity index (χ1v) is 10.9. The second-order valence-corrected chi connectivity index (χ2v) is 9.06.